The van der Waals surface area contributed by atoms with Crippen LogP contribution in [0.15, 0.2) is 60.7 Å². The summed E-state index contributed by atoms with van der Waals surface area (Å²) in [6.07, 6.45) is -0.128. The molecular weight excluding hydrogens is 278 g/mol. The summed E-state index contributed by atoms with van der Waals surface area (Å²) >= 11 is 0. The zero-order valence-electron chi connectivity index (χ0n) is 12.5. The Kier molecular flexibility index (Phi) is 5.72. The van der Waals surface area contributed by atoms with E-state index in [0.717, 1.165) is 11.1 Å². The van der Waals surface area contributed by atoms with E-state index in [1.807, 2.05) is 60.7 Å². The van der Waals surface area contributed by atoms with Crippen LogP contribution in [0.25, 0.3) is 0 Å². The van der Waals surface area contributed by atoms with Gasteiger partial charge in [-0.05, 0) is 24.5 Å². The Morgan fingerprint density at radius 1 is 0.955 bits per heavy atom. The molecule has 22 heavy (non-hydrogen) atoms. The van der Waals surface area contributed by atoms with Crippen molar-refractivity contribution in [2.45, 2.75) is 26.0 Å². The molecule has 114 valence electrons. The largest absolute Gasteiger partial charge is 0.445 e. The second kappa shape index (κ2) is 7.98. The molecule has 2 aromatic carbocycles. The van der Waals surface area contributed by atoms with E-state index in [9.17, 15) is 9.59 Å². The minimum absolute atomic E-state index is 0.0967. The predicted molar refractivity (Wildman–Crippen MR) is 84.4 cm³/mol. The molecular formula is C18H19NO3. The molecule has 0 unspecified atom stereocenters. The Hall–Kier alpha value is -2.62. The monoisotopic (exact) mass is 297 g/mol. The van der Waals surface area contributed by atoms with E-state index in [0.29, 0.717) is 6.42 Å². The average molecular weight is 297 g/mol. The maximum absolute atomic E-state index is 11.8. The van der Waals surface area contributed by atoms with Gasteiger partial charge in [-0.3, -0.25) is 4.79 Å². The van der Waals surface area contributed by atoms with Gasteiger partial charge < -0.3 is 10.1 Å². The molecule has 0 aromatic heterocycles. The van der Waals surface area contributed by atoms with Gasteiger partial charge in [0, 0.05) is 0 Å². The quantitative estimate of drug-likeness (QED) is 0.891. The van der Waals surface area contributed by atoms with E-state index in [1.165, 1.54) is 6.92 Å². The van der Waals surface area contributed by atoms with Crippen LogP contribution in [0.2, 0.25) is 0 Å². The fourth-order valence-corrected chi connectivity index (χ4v) is 2.05. The van der Waals surface area contributed by atoms with E-state index >= 15 is 0 Å². The molecule has 0 fully saturated rings. The van der Waals surface area contributed by atoms with E-state index in [2.05, 4.69) is 5.32 Å². The van der Waals surface area contributed by atoms with Crippen LogP contribution in [0.3, 0.4) is 0 Å². The van der Waals surface area contributed by atoms with Gasteiger partial charge >= 0.3 is 6.09 Å². The van der Waals surface area contributed by atoms with Gasteiger partial charge in [0.15, 0.2) is 5.78 Å². The third-order valence-electron chi connectivity index (χ3n) is 3.28. The molecule has 2 rings (SSSR count). The van der Waals surface area contributed by atoms with Crippen LogP contribution in [0.4, 0.5) is 4.79 Å². The number of amides is 1. The van der Waals surface area contributed by atoms with E-state index in [1.54, 1.807) is 0 Å². The van der Waals surface area contributed by atoms with Crippen molar-refractivity contribution in [2.24, 2.45) is 0 Å². The molecule has 1 atom stereocenters. The molecule has 0 bridgehead atoms. The van der Waals surface area contributed by atoms with Crippen molar-refractivity contribution in [3.05, 3.63) is 71.8 Å². The summed E-state index contributed by atoms with van der Waals surface area (Å²) in [6, 6.07) is 18.4. The van der Waals surface area contributed by atoms with Gasteiger partial charge in [-0.2, -0.15) is 0 Å². The molecule has 0 heterocycles. The number of ketones is 1. The highest BCUT2D eigenvalue weighted by atomic mass is 16.5. The molecule has 0 spiro atoms. The number of hydrogen-bond acceptors (Lipinski definition) is 3. The number of nitrogens with one attached hydrogen (secondary N) is 1. The summed E-state index contributed by atoms with van der Waals surface area (Å²) in [4.78, 5) is 23.5. The minimum Gasteiger partial charge on any atom is -0.445 e. The maximum atomic E-state index is 11.8. The number of hydrogen-bond donors (Lipinski definition) is 1. The van der Waals surface area contributed by atoms with Crippen molar-refractivity contribution in [3.63, 3.8) is 0 Å². The zero-order valence-corrected chi connectivity index (χ0v) is 12.5. The first kappa shape index (κ1) is 15.8. The first-order valence-corrected chi connectivity index (χ1v) is 7.17. The van der Waals surface area contributed by atoms with E-state index in [-0.39, 0.29) is 12.4 Å². The van der Waals surface area contributed by atoms with Crippen LogP contribution in [0, 0.1) is 0 Å². The maximum Gasteiger partial charge on any atom is 0.408 e. The molecule has 2 aromatic rings. The second-order valence-corrected chi connectivity index (χ2v) is 5.06. The normalized spacial score (nSPS) is 11.5. The molecule has 1 N–H and O–H groups in total. The van der Waals surface area contributed by atoms with Crippen molar-refractivity contribution in [2.75, 3.05) is 0 Å². The van der Waals surface area contributed by atoms with Crippen LogP contribution in [0.5, 0.6) is 0 Å². The fraction of sp³-hybridized carbons (Fsp3) is 0.222. The van der Waals surface area contributed by atoms with Crippen molar-refractivity contribution in [3.8, 4) is 0 Å². The number of alkyl carbamates (subject to hydrolysis) is 1. The summed E-state index contributed by atoms with van der Waals surface area (Å²) in [5.41, 5.74) is 1.89. The zero-order chi connectivity index (χ0) is 15.8. The highest BCUT2D eigenvalue weighted by Crippen LogP contribution is 2.05. The highest BCUT2D eigenvalue weighted by molar-refractivity contribution is 5.85. The van der Waals surface area contributed by atoms with Crippen molar-refractivity contribution < 1.29 is 14.3 Å². The van der Waals surface area contributed by atoms with Crippen LogP contribution in [-0.4, -0.2) is 17.9 Å². The molecule has 0 saturated heterocycles. The minimum atomic E-state index is -0.583. The van der Waals surface area contributed by atoms with Crippen molar-refractivity contribution in [1.82, 2.24) is 5.32 Å². The number of carbonyl (C=O) groups excluding carboxylic acids is 2. The summed E-state index contributed by atoms with van der Waals surface area (Å²) < 4.78 is 5.14. The van der Waals surface area contributed by atoms with Gasteiger partial charge in [-0.1, -0.05) is 60.7 Å². The van der Waals surface area contributed by atoms with Gasteiger partial charge in [0.2, 0.25) is 0 Å². The second-order valence-electron chi connectivity index (χ2n) is 5.06. The molecule has 0 aliphatic rings. The summed E-state index contributed by atoms with van der Waals surface area (Å²) in [7, 11) is 0. The van der Waals surface area contributed by atoms with E-state index < -0.39 is 12.1 Å². The van der Waals surface area contributed by atoms with Crippen LogP contribution in [-0.2, 0) is 22.6 Å². The van der Waals surface area contributed by atoms with Crippen molar-refractivity contribution >= 4 is 11.9 Å². The summed E-state index contributed by atoms with van der Waals surface area (Å²) in [5.74, 6) is -0.0967. The Bertz CT molecular complexity index is 611. The lowest BCUT2D eigenvalue weighted by atomic mass is 10.0. The standard InChI is InChI=1S/C18H19NO3/c1-14(20)17(12-15-8-4-2-5-9-15)19-18(21)22-13-16-10-6-3-7-11-16/h2-11,17H,12-13H2,1H3,(H,19,21)/t17-/m0/s1. The van der Waals surface area contributed by atoms with Gasteiger partial charge in [-0.15, -0.1) is 0 Å². The molecule has 0 aliphatic carbocycles. The van der Waals surface area contributed by atoms with Crippen molar-refractivity contribution in [1.29, 1.82) is 0 Å². The van der Waals surface area contributed by atoms with Gasteiger partial charge in [-0.25, -0.2) is 4.79 Å². The third kappa shape index (κ3) is 5.05. The number of benzene rings is 2. The molecule has 4 nitrogen and oxygen atoms in total. The lowest BCUT2D eigenvalue weighted by Crippen LogP contribution is -2.41. The smallest absolute Gasteiger partial charge is 0.408 e. The third-order valence-corrected chi connectivity index (χ3v) is 3.28. The van der Waals surface area contributed by atoms with Gasteiger partial charge in [0.05, 0.1) is 6.04 Å². The number of ether oxygens (including phenoxy) is 1. The number of Topliss-reactive ketones (excluding diaryl/α,β-unsaturated/α-hetero) is 1. The average Bonchev–Trinajstić information content (AvgIpc) is 2.54. The molecule has 1 amide bonds. The first-order valence-electron chi connectivity index (χ1n) is 7.17. The lowest BCUT2D eigenvalue weighted by Gasteiger charge is -2.16. The lowest BCUT2D eigenvalue weighted by molar-refractivity contribution is -0.118. The van der Waals surface area contributed by atoms with Crippen LogP contribution >= 0.6 is 0 Å². The summed E-state index contributed by atoms with van der Waals surface area (Å²) in [5, 5.41) is 2.62. The number of rotatable bonds is 6. The number of carbonyl (C=O) groups is 2. The molecule has 0 saturated carbocycles. The molecule has 0 aliphatic heterocycles. The Balaban J connectivity index is 1.88. The van der Waals surface area contributed by atoms with Crippen LogP contribution in [0.1, 0.15) is 18.1 Å². The van der Waals surface area contributed by atoms with Gasteiger partial charge in [0.25, 0.3) is 0 Å². The first-order chi connectivity index (χ1) is 10.6. The Labute approximate surface area is 130 Å². The fourth-order valence-electron chi connectivity index (χ4n) is 2.05. The Morgan fingerprint density at radius 3 is 2.05 bits per heavy atom. The summed E-state index contributed by atoms with van der Waals surface area (Å²) in [6.45, 7) is 1.65. The molecule has 0 radical (unpaired) electrons. The van der Waals surface area contributed by atoms with Crippen LogP contribution < -0.4 is 5.32 Å². The topological polar surface area (TPSA) is 55.4 Å². The molecule has 4 heteroatoms. The van der Waals surface area contributed by atoms with E-state index in [4.69, 9.17) is 4.74 Å². The SMILES string of the molecule is CC(=O)[C@H](Cc1ccccc1)NC(=O)OCc1ccccc1. The Morgan fingerprint density at radius 2 is 1.50 bits per heavy atom. The predicted octanol–water partition coefficient (Wildman–Crippen LogP) is 3.11. The highest BCUT2D eigenvalue weighted by Gasteiger charge is 2.18. The van der Waals surface area contributed by atoms with Gasteiger partial charge in [0.1, 0.15) is 6.61 Å².